The van der Waals surface area contributed by atoms with E-state index in [-0.39, 0.29) is 17.9 Å². The highest BCUT2D eigenvalue weighted by molar-refractivity contribution is 5.89. The van der Waals surface area contributed by atoms with Crippen LogP contribution in [0.4, 0.5) is 0 Å². The van der Waals surface area contributed by atoms with Crippen molar-refractivity contribution in [2.24, 2.45) is 5.41 Å². The van der Waals surface area contributed by atoms with E-state index in [4.69, 9.17) is 0 Å². The van der Waals surface area contributed by atoms with Gasteiger partial charge in [0.15, 0.2) is 0 Å². The zero-order valence-corrected chi connectivity index (χ0v) is 11.9. The van der Waals surface area contributed by atoms with Gasteiger partial charge in [0.1, 0.15) is 6.04 Å². The first-order valence-corrected chi connectivity index (χ1v) is 6.33. The average molecular weight is 242 g/mol. The first kappa shape index (κ1) is 15.9. The summed E-state index contributed by atoms with van der Waals surface area (Å²) in [6, 6.07) is -0.293. The molecule has 0 aromatic rings. The van der Waals surface area contributed by atoms with Crippen LogP contribution in [0.15, 0.2) is 0 Å². The zero-order valence-electron chi connectivity index (χ0n) is 11.9. The lowest BCUT2D eigenvalue weighted by molar-refractivity contribution is -0.133. The molecule has 0 heterocycles. The molecular weight excluding hydrogens is 216 g/mol. The summed E-state index contributed by atoms with van der Waals surface area (Å²) in [5.74, 6) is -0.221. The summed E-state index contributed by atoms with van der Waals surface area (Å²) in [5.41, 5.74) is -0.469. The number of hydrogen-bond acceptors (Lipinski definition) is 2. The van der Waals surface area contributed by atoms with Gasteiger partial charge in [-0.2, -0.15) is 0 Å². The minimum absolute atomic E-state index is 0.107. The molecule has 2 N–H and O–H groups in total. The summed E-state index contributed by atoms with van der Waals surface area (Å²) < 4.78 is 0. The molecule has 0 aliphatic heterocycles. The molecule has 0 radical (unpaired) electrons. The Kier molecular flexibility index (Phi) is 6.21. The van der Waals surface area contributed by atoms with Gasteiger partial charge in [-0.15, -0.1) is 0 Å². The van der Waals surface area contributed by atoms with Crippen LogP contribution >= 0.6 is 0 Å². The van der Waals surface area contributed by atoms with E-state index in [1.807, 2.05) is 34.6 Å². The first-order valence-electron chi connectivity index (χ1n) is 6.33. The lowest BCUT2D eigenvalue weighted by Gasteiger charge is -2.23. The second-order valence-electron chi connectivity index (χ2n) is 5.47. The molecule has 0 spiro atoms. The van der Waals surface area contributed by atoms with Gasteiger partial charge < -0.3 is 10.6 Å². The fraction of sp³-hybridized carbons (Fsp3) is 0.846. The third-order valence-electron chi connectivity index (χ3n) is 2.75. The summed E-state index contributed by atoms with van der Waals surface area (Å²) in [7, 11) is 0. The summed E-state index contributed by atoms with van der Waals surface area (Å²) in [5, 5.41) is 5.64. The van der Waals surface area contributed by atoms with Gasteiger partial charge in [0.05, 0.1) is 0 Å². The fourth-order valence-corrected chi connectivity index (χ4v) is 1.30. The molecule has 17 heavy (non-hydrogen) atoms. The van der Waals surface area contributed by atoms with Crippen LogP contribution in [-0.2, 0) is 9.59 Å². The molecule has 4 heteroatoms. The summed E-state index contributed by atoms with van der Waals surface area (Å²) in [6.45, 7) is 11.3. The van der Waals surface area contributed by atoms with Crippen LogP contribution in [0.25, 0.3) is 0 Å². The summed E-state index contributed by atoms with van der Waals surface area (Å²) in [6.07, 6.45) is 1.81. The van der Waals surface area contributed by atoms with Gasteiger partial charge in [0.25, 0.3) is 0 Å². The van der Waals surface area contributed by atoms with E-state index in [1.165, 1.54) is 0 Å². The lowest BCUT2D eigenvalue weighted by atomic mass is 9.95. The van der Waals surface area contributed by atoms with Crippen molar-refractivity contribution in [1.82, 2.24) is 10.6 Å². The van der Waals surface area contributed by atoms with Crippen molar-refractivity contribution in [1.29, 1.82) is 0 Å². The van der Waals surface area contributed by atoms with Gasteiger partial charge in [-0.05, 0) is 19.8 Å². The van der Waals surface area contributed by atoms with E-state index in [2.05, 4.69) is 10.6 Å². The van der Waals surface area contributed by atoms with E-state index in [1.54, 1.807) is 6.92 Å². The van der Waals surface area contributed by atoms with Gasteiger partial charge in [-0.25, -0.2) is 0 Å². The molecule has 0 aromatic heterocycles. The van der Waals surface area contributed by atoms with Gasteiger partial charge >= 0.3 is 0 Å². The minimum Gasteiger partial charge on any atom is -0.352 e. The number of hydrogen-bond donors (Lipinski definition) is 2. The van der Waals surface area contributed by atoms with Crippen molar-refractivity contribution < 1.29 is 9.59 Å². The number of carbonyl (C=O) groups excluding carboxylic acids is 2. The molecular formula is C13H26N2O2. The Balaban J connectivity index is 4.28. The molecule has 1 unspecified atom stereocenters. The van der Waals surface area contributed by atoms with E-state index < -0.39 is 11.5 Å². The number of amides is 2. The molecule has 100 valence electrons. The van der Waals surface area contributed by atoms with Gasteiger partial charge in [-0.1, -0.05) is 34.6 Å². The summed E-state index contributed by atoms with van der Waals surface area (Å²) >= 11 is 0. The summed E-state index contributed by atoms with van der Waals surface area (Å²) in [4.78, 5) is 23.5. The van der Waals surface area contributed by atoms with E-state index in [0.29, 0.717) is 0 Å². The van der Waals surface area contributed by atoms with E-state index in [0.717, 1.165) is 12.8 Å². The SMILES string of the molecule is CCC(CC)NC(=O)C(C)NC(=O)C(C)(C)C. The van der Waals surface area contributed by atoms with Crippen molar-refractivity contribution >= 4 is 11.8 Å². The average Bonchev–Trinajstić information content (AvgIpc) is 2.23. The van der Waals surface area contributed by atoms with Gasteiger partial charge in [0, 0.05) is 11.5 Å². The number of carbonyl (C=O) groups is 2. The Morgan fingerprint density at radius 2 is 1.53 bits per heavy atom. The Morgan fingerprint density at radius 1 is 1.06 bits per heavy atom. The third-order valence-corrected chi connectivity index (χ3v) is 2.75. The van der Waals surface area contributed by atoms with E-state index in [9.17, 15) is 9.59 Å². The second-order valence-corrected chi connectivity index (χ2v) is 5.47. The van der Waals surface area contributed by atoms with Crippen LogP contribution in [0.5, 0.6) is 0 Å². The predicted octanol–water partition coefficient (Wildman–Crippen LogP) is 1.84. The third kappa shape index (κ3) is 5.71. The quantitative estimate of drug-likeness (QED) is 0.773. The van der Waals surface area contributed by atoms with Crippen molar-refractivity contribution in [3.63, 3.8) is 0 Å². The van der Waals surface area contributed by atoms with Crippen molar-refractivity contribution in [3.8, 4) is 0 Å². The topological polar surface area (TPSA) is 58.2 Å². The Hall–Kier alpha value is -1.06. The maximum absolute atomic E-state index is 11.8. The highest BCUT2D eigenvalue weighted by Crippen LogP contribution is 2.12. The molecule has 2 amide bonds. The molecule has 1 atom stereocenters. The molecule has 0 saturated heterocycles. The Morgan fingerprint density at radius 3 is 1.88 bits per heavy atom. The van der Waals surface area contributed by atoms with Crippen LogP contribution in [0.1, 0.15) is 54.4 Å². The maximum Gasteiger partial charge on any atom is 0.242 e. The van der Waals surface area contributed by atoms with E-state index >= 15 is 0 Å². The normalized spacial score (nSPS) is 13.4. The van der Waals surface area contributed by atoms with Gasteiger partial charge in [0.2, 0.25) is 11.8 Å². The van der Waals surface area contributed by atoms with Gasteiger partial charge in [-0.3, -0.25) is 9.59 Å². The van der Waals surface area contributed by atoms with Crippen LogP contribution < -0.4 is 10.6 Å². The van der Waals surface area contributed by atoms with Crippen molar-refractivity contribution in [2.75, 3.05) is 0 Å². The largest absolute Gasteiger partial charge is 0.352 e. The van der Waals surface area contributed by atoms with Crippen LogP contribution in [-0.4, -0.2) is 23.9 Å². The Labute approximate surface area is 105 Å². The molecule has 0 aliphatic rings. The van der Waals surface area contributed by atoms with Crippen LogP contribution in [0.3, 0.4) is 0 Å². The zero-order chi connectivity index (χ0) is 13.6. The maximum atomic E-state index is 11.8. The molecule has 0 saturated carbocycles. The highest BCUT2D eigenvalue weighted by atomic mass is 16.2. The highest BCUT2D eigenvalue weighted by Gasteiger charge is 2.25. The second kappa shape index (κ2) is 6.62. The lowest BCUT2D eigenvalue weighted by Crippen LogP contribution is -2.50. The number of nitrogens with one attached hydrogen (secondary N) is 2. The molecule has 0 fully saturated rings. The smallest absolute Gasteiger partial charge is 0.242 e. The molecule has 0 aliphatic carbocycles. The predicted molar refractivity (Wildman–Crippen MR) is 69.6 cm³/mol. The number of rotatable bonds is 5. The Bertz CT molecular complexity index is 265. The fourth-order valence-electron chi connectivity index (χ4n) is 1.30. The minimum atomic E-state index is -0.484. The molecule has 0 rings (SSSR count). The van der Waals surface area contributed by atoms with Crippen LogP contribution in [0, 0.1) is 5.41 Å². The standard InChI is InChI=1S/C13H26N2O2/c1-7-10(8-2)15-11(16)9(3)14-12(17)13(4,5)6/h9-10H,7-8H2,1-6H3,(H,14,17)(H,15,16). The molecule has 0 bridgehead atoms. The van der Waals surface area contributed by atoms with Crippen LogP contribution in [0.2, 0.25) is 0 Å². The first-order chi connectivity index (χ1) is 7.72. The monoisotopic (exact) mass is 242 g/mol. The van der Waals surface area contributed by atoms with Crippen molar-refractivity contribution in [2.45, 2.75) is 66.5 Å². The van der Waals surface area contributed by atoms with Crippen molar-refractivity contribution in [3.05, 3.63) is 0 Å². The molecule has 0 aromatic carbocycles. The molecule has 4 nitrogen and oxygen atoms in total.